The smallest absolute Gasteiger partial charge is 0.228 e. The molecule has 2 atom stereocenters. The first kappa shape index (κ1) is 21.1. The van der Waals surface area contributed by atoms with E-state index in [0.29, 0.717) is 25.2 Å². The van der Waals surface area contributed by atoms with Crippen molar-refractivity contribution in [1.82, 2.24) is 10.2 Å². The van der Waals surface area contributed by atoms with E-state index in [-0.39, 0.29) is 23.8 Å². The second kappa shape index (κ2) is 9.73. The fourth-order valence-electron chi connectivity index (χ4n) is 5.43. The van der Waals surface area contributed by atoms with Gasteiger partial charge in [0.15, 0.2) is 0 Å². The first-order chi connectivity index (χ1) is 13.6. The summed E-state index contributed by atoms with van der Waals surface area (Å²) in [6, 6.07) is 2.44. The summed E-state index contributed by atoms with van der Waals surface area (Å²) >= 11 is 0. The van der Waals surface area contributed by atoms with Crippen molar-refractivity contribution in [3.05, 3.63) is 6.42 Å². The fraction of sp³-hybridized carbons (Fsp3) is 0.818. The zero-order valence-electron chi connectivity index (χ0n) is 17.0. The largest absolute Gasteiger partial charge is 0.369 e. The van der Waals surface area contributed by atoms with Gasteiger partial charge in [0, 0.05) is 12.0 Å². The minimum Gasteiger partial charge on any atom is -0.369 e. The third-order valence-corrected chi connectivity index (χ3v) is 7.10. The van der Waals surface area contributed by atoms with Gasteiger partial charge in [0.25, 0.3) is 0 Å². The number of rotatable bonds is 6. The summed E-state index contributed by atoms with van der Waals surface area (Å²) < 4.78 is 0. The number of carbonyl (C=O) groups excluding carboxylic acids is 2. The van der Waals surface area contributed by atoms with Gasteiger partial charge >= 0.3 is 0 Å². The second-order valence-electron chi connectivity index (χ2n) is 8.97. The molecule has 2 amide bonds. The molecule has 0 aromatic carbocycles. The van der Waals surface area contributed by atoms with Crippen LogP contribution in [0.15, 0.2) is 0 Å². The van der Waals surface area contributed by atoms with Gasteiger partial charge in [0.2, 0.25) is 11.8 Å². The number of primary amides is 1. The van der Waals surface area contributed by atoms with Crippen molar-refractivity contribution in [3.8, 4) is 6.07 Å². The van der Waals surface area contributed by atoms with Crippen LogP contribution in [-0.2, 0) is 9.59 Å². The summed E-state index contributed by atoms with van der Waals surface area (Å²) in [7, 11) is 0. The maximum Gasteiger partial charge on any atom is 0.228 e. The van der Waals surface area contributed by atoms with E-state index in [4.69, 9.17) is 5.73 Å². The molecule has 1 heterocycles. The Balaban J connectivity index is 1.76. The van der Waals surface area contributed by atoms with E-state index in [9.17, 15) is 14.9 Å². The molecule has 1 aliphatic heterocycles. The first-order valence-electron chi connectivity index (χ1n) is 11.1. The predicted octanol–water partition coefficient (Wildman–Crippen LogP) is 2.68. The Hall–Kier alpha value is -1.61. The molecule has 2 saturated carbocycles. The van der Waals surface area contributed by atoms with Gasteiger partial charge in [-0.25, -0.2) is 0 Å². The van der Waals surface area contributed by atoms with Gasteiger partial charge in [-0.3, -0.25) is 9.59 Å². The molecule has 2 unspecified atom stereocenters. The summed E-state index contributed by atoms with van der Waals surface area (Å²) in [5.41, 5.74) is 4.81. The Morgan fingerprint density at radius 3 is 2.46 bits per heavy atom. The lowest BCUT2D eigenvalue weighted by molar-refractivity contribution is -0.139. The molecule has 3 aliphatic rings. The Morgan fingerprint density at radius 2 is 1.82 bits per heavy atom. The monoisotopic (exact) mass is 387 g/mol. The SMILES string of the molecule is N#CC1(N(C(=O)[CH]CC2CCCCC2)C2CCCC(C(N)=O)C2)CCNCC1. The molecule has 6 heteroatoms. The lowest BCUT2D eigenvalue weighted by atomic mass is 9.79. The number of nitrogens with two attached hydrogens (primary N) is 1. The molecule has 0 spiro atoms. The minimum atomic E-state index is -0.768. The maximum absolute atomic E-state index is 13.4. The molecule has 3 fully saturated rings. The highest BCUT2D eigenvalue weighted by Crippen LogP contribution is 2.37. The van der Waals surface area contributed by atoms with E-state index in [2.05, 4.69) is 11.4 Å². The highest BCUT2D eigenvalue weighted by atomic mass is 16.2. The van der Waals surface area contributed by atoms with Crippen LogP contribution in [0.3, 0.4) is 0 Å². The third-order valence-electron chi connectivity index (χ3n) is 7.10. The van der Waals surface area contributed by atoms with Crippen LogP contribution in [0, 0.1) is 29.6 Å². The molecule has 3 N–H and O–H groups in total. The van der Waals surface area contributed by atoms with Gasteiger partial charge in [0.1, 0.15) is 5.54 Å². The molecule has 2 aliphatic carbocycles. The number of amides is 2. The van der Waals surface area contributed by atoms with E-state index >= 15 is 0 Å². The van der Waals surface area contributed by atoms with Crippen LogP contribution >= 0.6 is 0 Å². The average Bonchev–Trinajstić information content (AvgIpc) is 2.74. The van der Waals surface area contributed by atoms with E-state index in [1.165, 1.54) is 32.1 Å². The van der Waals surface area contributed by atoms with Crippen LogP contribution < -0.4 is 11.1 Å². The molecule has 0 bridgehead atoms. The van der Waals surface area contributed by atoms with Gasteiger partial charge in [-0.1, -0.05) is 38.5 Å². The van der Waals surface area contributed by atoms with Gasteiger partial charge in [-0.05, 0) is 57.5 Å². The van der Waals surface area contributed by atoms with Crippen LogP contribution in [0.1, 0.15) is 77.0 Å². The second-order valence-corrected chi connectivity index (χ2v) is 8.97. The lowest BCUT2D eigenvalue weighted by Crippen LogP contribution is -2.60. The number of nitriles is 1. The Kier molecular flexibility index (Phi) is 7.34. The summed E-state index contributed by atoms with van der Waals surface area (Å²) in [5.74, 6) is 0.115. The Morgan fingerprint density at radius 1 is 1.11 bits per heavy atom. The van der Waals surface area contributed by atoms with Gasteiger partial charge in [-0.2, -0.15) is 5.26 Å². The fourth-order valence-corrected chi connectivity index (χ4v) is 5.43. The molecule has 1 saturated heterocycles. The number of nitrogens with zero attached hydrogens (tertiary/aromatic N) is 2. The summed E-state index contributed by atoms with van der Waals surface area (Å²) in [6.07, 6.45) is 13.3. The highest BCUT2D eigenvalue weighted by molar-refractivity contribution is 5.86. The van der Waals surface area contributed by atoms with Crippen LogP contribution in [0.5, 0.6) is 0 Å². The Labute approximate surface area is 169 Å². The minimum absolute atomic E-state index is 0.0101. The quantitative estimate of drug-likeness (QED) is 0.732. The lowest BCUT2D eigenvalue weighted by Gasteiger charge is -2.48. The van der Waals surface area contributed by atoms with Gasteiger partial charge in [-0.15, -0.1) is 0 Å². The topological polar surface area (TPSA) is 99.2 Å². The molecular weight excluding hydrogens is 352 g/mol. The molecular formula is C22H35N4O2. The summed E-state index contributed by atoms with van der Waals surface area (Å²) in [6.45, 7) is 1.48. The van der Waals surface area contributed by atoms with Crippen molar-refractivity contribution in [3.63, 3.8) is 0 Å². The summed E-state index contributed by atoms with van der Waals surface area (Å²) in [5, 5.41) is 13.4. The number of hydrogen-bond acceptors (Lipinski definition) is 4. The van der Waals surface area contributed by atoms with E-state index in [1.54, 1.807) is 0 Å². The molecule has 0 aromatic heterocycles. The van der Waals surface area contributed by atoms with Crippen molar-refractivity contribution in [2.75, 3.05) is 13.1 Å². The van der Waals surface area contributed by atoms with Crippen molar-refractivity contribution >= 4 is 11.8 Å². The van der Waals surface area contributed by atoms with Crippen molar-refractivity contribution in [2.24, 2.45) is 17.6 Å². The van der Waals surface area contributed by atoms with Crippen LogP contribution in [-0.4, -0.2) is 41.4 Å². The first-order valence-corrected chi connectivity index (χ1v) is 11.1. The molecule has 3 rings (SSSR count). The number of hydrogen-bond donors (Lipinski definition) is 2. The van der Waals surface area contributed by atoms with Crippen LogP contribution in [0.2, 0.25) is 0 Å². The average molecular weight is 388 g/mol. The molecule has 0 aromatic rings. The zero-order valence-corrected chi connectivity index (χ0v) is 17.0. The highest BCUT2D eigenvalue weighted by Gasteiger charge is 2.46. The summed E-state index contributed by atoms with van der Waals surface area (Å²) in [4.78, 5) is 27.1. The van der Waals surface area contributed by atoms with Crippen LogP contribution in [0.25, 0.3) is 0 Å². The Bertz CT molecular complexity index is 588. The van der Waals surface area contributed by atoms with E-state index in [0.717, 1.165) is 38.8 Å². The zero-order chi connectivity index (χ0) is 20.0. The standard InChI is InChI=1S/C22H35N4O2/c23-16-22(11-13-25-14-12-22)26(19-8-4-7-18(15-19)21(24)28)20(27)10-9-17-5-2-1-3-6-17/h10,17-19,25H,1-9,11-15H2,(H2,24,28). The molecule has 6 nitrogen and oxygen atoms in total. The van der Waals surface area contributed by atoms with Crippen molar-refractivity contribution in [1.29, 1.82) is 5.26 Å². The van der Waals surface area contributed by atoms with Crippen molar-refractivity contribution in [2.45, 2.75) is 88.6 Å². The van der Waals surface area contributed by atoms with Crippen LogP contribution in [0.4, 0.5) is 0 Å². The number of nitrogens with one attached hydrogen (secondary N) is 1. The number of carbonyl (C=O) groups is 2. The van der Waals surface area contributed by atoms with E-state index < -0.39 is 5.54 Å². The normalized spacial score (nSPS) is 28.2. The molecule has 1 radical (unpaired) electrons. The number of piperidine rings is 1. The van der Waals surface area contributed by atoms with Gasteiger partial charge in [0.05, 0.1) is 12.5 Å². The predicted molar refractivity (Wildman–Crippen MR) is 108 cm³/mol. The molecule has 155 valence electrons. The molecule has 28 heavy (non-hydrogen) atoms. The van der Waals surface area contributed by atoms with Crippen molar-refractivity contribution < 1.29 is 9.59 Å². The third kappa shape index (κ3) is 4.86. The maximum atomic E-state index is 13.4. The van der Waals surface area contributed by atoms with Gasteiger partial charge < -0.3 is 16.0 Å². The van der Waals surface area contributed by atoms with E-state index in [1.807, 2.05) is 11.3 Å².